The highest BCUT2D eigenvalue weighted by molar-refractivity contribution is 5.79. The van der Waals surface area contributed by atoms with Crippen molar-refractivity contribution in [1.29, 1.82) is 0 Å². The molecule has 17 heavy (non-hydrogen) atoms. The average Bonchev–Trinajstić information content (AvgIpc) is 2.31. The molecule has 0 aromatic heterocycles. The first-order chi connectivity index (χ1) is 7.99. The van der Waals surface area contributed by atoms with E-state index < -0.39 is 24.2 Å². The highest BCUT2D eigenvalue weighted by atomic mass is 16.4. The molecule has 1 aliphatic carbocycles. The molecule has 0 spiro atoms. The summed E-state index contributed by atoms with van der Waals surface area (Å²) in [5.74, 6) is -1.04. The van der Waals surface area contributed by atoms with Crippen molar-refractivity contribution in [3.63, 3.8) is 0 Å². The quantitative estimate of drug-likeness (QED) is 0.509. The van der Waals surface area contributed by atoms with Crippen LogP contribution >= 0.6 is 0 Å². The summed E-state index contributed by atoms with van der Waals surface area (Å²) < 4.78 is 0. The topological polar surface area (TPSA) is 89.8 Å². The zero-order chi connectivity index (χ0) is 13.0. The van der Waals surface area contributed by atoms with E-state index in [1.54, 1.807) is 6.92 Å². The van der Waals surface area contributed by atoms with E-state index in [1.165, 1.54) is 0 Å². The molecule has 0 aliphatic heterocycles. The number of aliphatic hydroxyl groups is 3. The molecule has 0 radical (unpaired) electrons. The number of amides is 1. The molecule has 5 heteroatoms. The highest BCUT2D eigenvalue weighted by Crippen LogP contribution is 2.30. The van der Waals surface area contributed by atoms with Gasteiger partial charge in [-0.3, -0.25) is 4.79 Å². The van der Waals surface area contributed by atoms with Gasteiger partial charge in [-0.1, -0.05) is 20.3 Å². The van der Waals surface area contributed by atoms with Gasteiger partial charge in [0.2, 0.25) is 5.91 Å². The smallest absolute Gasteiger partial charge is 0.225 e. The Labute approximate surface area is 102 Å². The first kappa shape index (κ1) is 14.4. The van der Waals surface area contributed by atoms with Crippen molar-refractivity contribution in [3.8, 4) is 0 Å². The Kier molecular flexibility index (Phi) is 5.36. The van der Waals surface area contributed by atoms with E-state index in [0.29, 0.717) is 13.0 Å². The second-order valence-electron chi connectivity index (χ2n) is 4.94. The molecule has 0 aromatic carbocycles. The largest absolute Gasteiger partial charge is 0.390 e. The lowest BCUT2D eigenvalue weighted by molar-refractivity contribution is -0.153. The molecule has 1 rings (SSSR count). The SMILES string of the molecule is CCCCNC(=O)[C@@H]1C[C@H](C)[C@H](O)[C@@H](O)[C@H]1O. The standard InChI is InChI=1S/C12H23NO4/c1-3-4-5-13-12(17)8-6-7(2)9(14)11(16)10(8)15/h7-11,14-16H,3-6H2,1-2H3,(H,13,17)/t7-,8+,9-,10-,11+/m0/s1. The molecule has 0 heterocycles. The minimum absolute atomic E-state index is 0.185. The minimum atomic E-state index is -1.24. The Morgan fingerprint density at radius 3 is 2.47 bits per heavy atom. The molecule has 0 unspecified atom stereocenters. The number of hydrogen-bond acceptors (Lipinski definition) is 4. The maximum atomic E-state index is 11.8. The average molecular weight is 245 g/mol. The predicted octanol–water partition coefficient (Wildman–Crippen LogP) is -0.359. The van der Waals surface area contributed by atoms with E-state index in [9.17, 15) is 20.1 Å². The van der Waals surface area contributed by atoms with Gasteiger partial charge < -0.3 is 20.6 Å². The second kappa shape index (κ2) is 6.33. The molecule has 0 bridgehead atoms. The van der Waals surface area contributed by atoms with Crippen molar-refractivity contribution in [2.75, 3.05) is 6.54 Å². The number of carbonyl (C=O) groups is 1. The molecular formula is C12H23NO4. The van der Waals surface area contributed by atoms with Crippen LogP contribution in [-0.2, 0) is 4.79 Å². The van der Waals surface area contributed by atoms with Gasteiger partial charge in [-0.05, 0) is 18.8 Å². The van der Waals surface area contributed by atoms with Crippen molar-refractivity contribution in [2.45, 2.75) is 51.4 Å². The number of carbonyl (C=O) groups excluding carboxylic acids is 1. The molecule has 0 saturated heterocycles. The first-order valence-corrected chi connectivity index (χ1v) is 6.31. The molecular weight excluding hydrogens is 222 g/mol. The van der Waals surface area contributed by atoms with Crippen molar-refractivity contribution >= 4 is 5.91 Å². The first-order valence-electron chi connectivity index (χ1n) is 6.31. The van der Waals surface area contributed by atoms with Gasteiger partial charge in [0, 0.05) is 6.54 Å². The normalized spacial score (nSPS) is 37.8. The third-order valence-electron chi connectivity index (χ3n) is 3.49. The Morgan fingerprint density at radius 2 is 1.88 bits per heavy atom. The van der Waals surface area contributed by atoms with Crippen LogP contribution in [0.2, 0.25) is 0 Å². The van der Waals surface area contributed by atoms with Gasteiger partial charge in [0.1, 0.15) is 6.10 Å². The third-order valence-corrected chi connectivity index (χ3v) is 3.49. The summed E-state index contributed by atoms with van der Waals surface area (Å²) in [7, 11) is 0. The number of aliphatic hydroxyl groups excluding tert-OH is 3. The summed E-state index contributed by atoms with van der Waals surface area (Å²) in [5.41, 5.74) is 0. The lowest BCUT2D eigenvalue weighted by Gasteiger charge is -2.38. The van der Waals surface area contributed by atoms with Gasteiger partial charge in [-0.15, -0.1) is 0 Å². The Balaban J connectivity index is 2.54. The zero-order valence-corrected chi connectivity index (χ0v) is 10.5. The van der Waals surface area contributed by atoms with E-state index in [0.717, 1.165) is 12.8 Å². The molecule has 1 amide bonds. The van der Waals surface area contributed by atoms with Crippen molar-refractivity contribution in [2.24, 2.45) is 11.8 Å². The lowest BCUT2D eigenvalue weighted by Crippen LogP contribution is -2.54. The van der Waals surface area contributed by atoms with Crippen LogP contribution in [0.4, 0.5) is 0 Å². The summed E-state index contributed by atoms with van der Waals surface area (Å²) in [4.78, 5) is 11.8. The summed E-state index contributed by atoms with van der Waals surface area (Å²) in [6, 6.07) is 0. The predicted molar refractivity (Wildman–Crippen MR) is 63.2 cm³/mol. The zero-order valence-electron chi connectivity index (χ0n) is 10.5. The number of hydrogen-bond donors (Lipinski definition) is 4. The molecule has 1 saturated carbocycles. The van der Waals surface area contributed by atoms with E-state index >= 15 is 0 Å². The summed E-state index contributed by atoms with van der Waals surface area (Å²) in [6.45, 7) is 4.39. The van der Waals surface area contributed by atoms with Crippen LogP contribution in [0.5, 0.6) is 0 Å². The molecule has 1 fully saturated rings. The fourth-order valence-electron chi connectivity index (χ4n) is 2.24. The second-order valence-corrected chi connectivity index (χ2v) is 4.94. The maximum Gasteiger partial charge on any atom is 0.225 e. The molecule has 4 N–H and O–H groups in total. The van der Waals surface area contributed by atoms with Gasteiger partial charge in [0.05, 0.1) is 18.1 Å². The van der Waals surface area contributed by atoms with Crippen molar-refractivity contribution in [1.82, 2.24) is 5.32 Å². The van der Waals surface area contributed by atoms with Crippen LogP contribution < -0.4 is 5.32 Å². The Morgan fingerprint density at radius 1 is 1.24 bits per heavy atom. The van der Waals surface area contributed by atoms with Gasteiger partial charge in [0.25, 0.3) is 0 Å². The van der Waals surface area contributed by atoms with Crippen molar-refractivity contribution < 1.29 is 20.1 Å². The van der Waals surface area contributed by atoms with E-state index in [2.05, 4.69) is 5.32 Å². The number of rotatable bonds is 4. The van der Waals surface area contributed by atoms with E-state index in [1.807, 2.05) is 6.92 Å². The van der Waals surface area contributed by atoms with Crippen LogP contribution in [0.15, 0.2) is 0 Å². The Hall–Kier alpha value is -0.650. The molecule has 1 aliphatic rings. The van der Waals surface area contributed by atoms with Crippen LogP contribution in [0, 0.1) is 11.8 Å². The molecule has 5 nitrogen and oxygen atoms in total. The number of unbranched alkanes of at least 4 members (excludes halogenated alkanes) is 1. The summed E-state index contributed by atoms with van der Waals surface area (Å²) >= 11 is 0. The monoisotopic (exact) mass is 245 g/mol. The molecule has 5 atom stereocenters. The summed E-state index contributed by atoms with van der Waals surface area (Å²) in [6.07, 6.45) is -1.08. The van der Waals surface area contributed by atoms with Crippen molar-refractivity contribution in [3.05, 3.63) is 0 Å². The maximum absolute atomic E-state index is 11.8. The van der Waals surface area contributed by atoms with Gasteiger partial charge in [-0.2, -0.15) is 0 Å². The highest BCUT2D eigenvalue weighted by Gasteiger charge is 2.43. The Bertz CT molecular complexity index is 259. The lowest BCUT2D eigenvalue weighted by atomic mass is 9.76. The van der Waals surface area contributed by atoms with Crippen LogP contribution in [0.1, 0.15) is 33.1 Å². The fourth-order valence-corrected chi connectivity index (χ4v) is 2.24. The van der Waals surface area contributed by atoms with E-state index in [-0.39, 0.29) is 11.8 Å². The number of nitrogens with one attached hydrogen (secondary N) is 1. The van der Waals surface area contributed by atoms with Gasteiger partial charge in [0.15, 0.2) is 0 Å². The fraction of sp³-hybridized carbons (Fsp3) is 0.917. The van der Waals surface area contributed by atoms with Gasteiger partial charge >= 0.3 is 0 Å². The van der Waals surface area contributed by atoms with Crippen LogP contribution in [0.3, 0.4) is 0 Å². The van der Waals surface area contributed by atoms with Crippen LogP contribution in [-0.4, -0.2) is 46.1 Å². The van der Waals surface area contributed by atoms with Gasteiger partial charge in [-0.25, -0.2) is 0 Å². The molecule has 0 aromatic rings. The van der Waals surface area contributed by atoms with E-state index in [4.69, 9.17) is 0 Å². The van der Waals surface area contributed by atoms with Crippen LogP contribution in [0.25, 0.3) is 0 Å². The minimum Gasteiger partial charge on any atom is -0.390 e. The summed E-state index contributed by atoms with van der Waals surface area (Å²) in [5, 5.41) is 31.7. The third kappa shape index (κ3) is 3.40. The molecule has 100 valence electrons.